The summed E-state index contributed by atoms with van der Waals surface area (Å²) in [6.45, 7) is 9.44. The van der Waals surface area contributed by atoms with Gasteiger partial charge in [-0.1, -0.05) is 26.0 Å². The Bertz CT molecular complexity index is 2060. The van der Waals surface area contributed by atoms with E-state index in [0.29, 0.717) is 50.2 Å². The molecule has 2 aliphatic carbocycles. The lowest BCUT2D eigenvalue weighted by Crippen LogP contribution is -2.59. The number of ether oxygens (including phenoxy) is 3. The number of nitrogens with one attached hydrogen (secondary N) is 3. The monoisotopic (exact) mass is 835 g/mol. The van der Waals surface area contributed by atoms with Crippen LogP contribution in [0.1, 0.15) is 86.5 Å². The summed E-state index contributed by atoms with van der Waals surface area (Å²) in [4.78, 5) is 61.6. The summed E-state index contributed by atoms with van der Waals surface area (Å²) in [7, 11) is -4.07. The van der Waals surface area contributed by atoms with Crippen molar-refractivity contribution in [3.63, 3.8) is 0 Å². The molecule has 3 N–H and O–H groups in total. The highest BCUT2D eigenvalue weighted by Crippen LogP contribution is 2.47. The van der Waals surface area contributed by atoms with Crippen molar-refractivity contribution in [2.24, 2.45) is 17.8 Å². The van der Waals surface area contributed by atoms with Crippen LogP contribution in [0.3, 0.4) is 0 Å². The van der Waals surface area contributed by atoms with Crippen molar-refractivity contribution in [2.75, 3.05) is 6.54 Å². The van der Waals surface area contributed by atoms with E-state index in [1.807, 2.05) is 32.9 Å². The Balaban J connectivity index is 1.34. The molecule has 0 radical (unpaired) electrons. The molecule has 4 amide bonds. The van der Waals surface area contributed by atoms with Crippen molar-refractivity contribution in [1.82, 2.24) is 25.2 Å². The number of carbonyl (C=O) groups excluding carboxylic acids is 4. The zero-order chi connectivity index (χ0) is 42.4. The second-order valence-corrected chi connectivity index (χ2v) is 19.0. The number of sulfonamides is 1. The number of hydrogen-bond donors (Lipinski definition) is 3. The van der Waals surface area contributed by atoms with Gasteiger partial charge < -0.3 is 29.7 Å². The van der Waals surface area contributed by atoms with Crippen molar-refractivity contribution >= 4 is 44.6 Å². The number of alkyl carbamates (subject to hydrolysis) is 1. The molecule has 6 rings (SSSR count). The van der Waals surface area contributed by atoms with Crippen molar-refractivity contribution in [3.05, 3.63) is 42.6 Å². The van der Waals surface area contributed by atoms with E-state index < -0.39 is 86.4 Å². The van der Waals surface area contributed by atoms with Gasteiger partial charge in [0.15, 0.2) is 6.10 Å². The number of hydrogen-bond acceptors (Lipinski definition) is 10. The second-order valence-electron chi connectivity index (χ2n) is 16.8. The van der Waals surface area contributed by atoms with Crippen molar-refractivity contribution in [1.29, 1.82) is 0 Å². The molecule has 318 valence electrons. The van der Waals surface area contributed by atoms with Crippen LogP contribution >= 0.6 is 0 Å². The molecule has 4 aliphatic rings. The predicted molar refractivity (Wildman–Crippen MR) is 206 cm³/mol. The Kier molecular flexibility index (Phi) is 12.0. The van der Waals surface area contributed by atoms with Crippen LogP contribution in [-0.2, 0) is 29.1 Å². The highest BCUT2D eigenvalue weighted by atomic mass is 32.2. The fraction of sp³-hybridized carbons (Fsp3) is 0.625. The summed E-state index contributed by atoms with van der Waals surface area (Å²) < 4.78 is 84.4. The lowest BCUT2D eigenvalue weighted by Gasteiger charge is -2.33. The Morgan fingerprint density at radius 2 is 1.81 bits per heavy atom. The first-order valence-electron chi connectivity index (χ1n) is 19.7. The maximum Gasteiger partial charge on any atom is 0.425 e. The first kappa shape index (κ1) is 43.0. The molecule has 0 spiro atoms. The summed E-state index contributed by atoms with van der Waals surface area (Å²) in [6, 6.07) is 4.41. The van der Waals surface area contributed by atoms with Crippen LogP contribution in [0.4, 0.5) is 18.0 Å². The molecule has 1 saturated heterocycles. The Hall–Kier alpha value is -4.61. The topological polar surface area (TPSA) is 182 Å². The molecule has 14 nitrogen and oxygen atoms in total. The molecule has 3 heterocycles. The molecule has 1 aromatic carbocycles. The van der Waals surface area contributed by atoms with Gasteiger partial charge in [0.05, 0.1) is 17.4 Å². The fourth-order valence-electron chi connectivity index (χ4n) is 7.71. The standard InChI is InChI=1S/C40H52F3N5O9S/c1-22(2)55-28-11-12-30-26(18-28)13-16-44-34(30)57-29-19-31-33(49)46-39(36(51)47-58(53,54)38(6)14-15-38)20-27(39)10-8-7-9-23(3)17-24(4)32(35(50)48(31)21-29)45-37(52)56-25(5)40(41,42)43/h8,10-13,16,18,22-25,27,29,31-32H,7,9,14-15,17,19-21H2,1-6H3,(H,45,52)(H,46,49)(H,47,51). The third kappa shape index (κ3) is 9.31. The van der Waals surface area contributed by atoms with Crippen LogP contribution in [-0.4, -0.2) is 95.5 Å². The number of rotatable bonds is 9. The van der Waals surface area contributed by atoms with Crippen molar-refractivity contribution in [2.45, 2.75) is 133 Å². The smallest absolute Gasteiger partial charge is 0.425 e. The molecule has 0 bridgehead atoms. The molecule has 2 aliphatic heterocycles. The third-order valence-corrected chi connectivity index (χ3v) is 13.8. The lowest BCUT2D eigenvalue weighted by atomic mass is 9.88. The van der Waals surface area contributed by atoms with Gasteiger partial charge in [0.1, 0.15) is 29.5 Å². The van der Waals surface area contributed by atoms with Crippen LogP contribution < -0.4 is 24.8 Å². The Morgan fingerprint density at radius 3 is 2.48 bits per heavy atom. The van der Waals surface area contributed by atoms with Gasteiger partial charge in [-0.3, -0.25) is 19.1 Å². The second kappa shape index (κ2) is 16.2. The molecular weight excluding hydrogens is 784 g/mol. The van der Waals surface area contributed by atoms with Gasteiger partial charge >= 0.3 is 12.3 Å². The summed E-state index contributed by atoms with van der Waals surface area (Å²) in [6.07, 6.45) is -2.20. The average Bonchev–Trinajstić information content (AvgIpc) is 4.01. The minimum Gasteiger partial charge on any atom is -0.491 e. The molecule has 2 aromatic rings. The van der Waals surface area contributed by atoms with E-state index in [2.05, 4.69) is 25.1 Å². The van der Waals surface area contributed by atoms with Crippen molar-refractivity contribution in [3.8, 4) is 11.6 Å². The van der Waals surface area contributed by atoms with Gasteiger partial charge in [0.2, 0.25) is 27.7 Å². The molecule has 8 atom stereocenters. The zero-order valence-corrected chi connectivity index (χ0v) is 34.2. The number of nitrogens with zero attached hydrogens (tertiary/aromatic N) is 2. The van der Waals surface area contributed by atoms with Crippen LogP contribution in [0, 0.1) is 17.8 Å². The number of halogens is 3. The van der Waals surface area contributed by atoms with Gasteiger partial charge in [-0.2, -0.15) is 13.2 Å². The van der Waals surface area contributed by atoms with Gasteiger partial charge in [0, 0.05) is 23.9 Å². The summed E-state index contributed by atoms with van der Waals surface area (Å²) >= 11 is 0. The molecule has 58 heavy (non-hydrogen) atoms. The van der Waals surface area contributed by atoms with E-state index >= 15 is 0 Å². The Morgan fingerprint density at radius 1 is 1.09 bits per heavy atom. The SMILES string of the molecule is CC1CCC=CC2CC2(C(=O)NS(=O)(=O)C2(C)CC2)NC(=O)C2CC(Oc3nccc4cc(OC(C)C)ccc34)CN2C(=O)C(NC(=O)OC(C)C(F)(F)F)C(C)C1. The van der Waals surface area contributed by atoms with Crippen LogP contribution in [0.25, 0.3) is 10.8 Å². The first-order valence-corrected chi connectivity index (χ1v) is 21.2. The van der Waals surface area contributed by atoms with E-state index in [0.717, 1.165) is 5.39 Å². The van der Waals surface area contributed by atoms with Crippen LogP contribution in [0.5, 0.6) is 11.6 Å². The van der Waals surface area contributed by atoms with Crippen LogP contribution in [0.2, 0.25) is 0 Å². The number of fused-ring (bicyclic) bond motifs is 3. The maximum atomic E-state index is 14.7. The molecule has 2 saturated carbocycles. The molecule has 8 unspecified atom stereocenters. The number of benzene rings is 1. The number of pyridine rings is 1. The molecule has 1 aromatic heterocycles. The average molecular weight is 836 g/mol. The highest BCUT2D eigenvalue weighted by Gasteiger charge is 2.63. The fourth-order valence-corrected chi connectivity index (χ4v) is 9.02. The lowest BCUT2D eigenvalue weighted by molar-refractivity contribution is -0.197. The number of amides is 4. The highest BCUT2D eigenvalue weighted by molar-refractivity contribution is 7.91. The molecule has 18 heteroatoms. The summed E-state index contributed by atoms with van der Waals surface area (Å²) in [5, 5.41) is 6.53. The Labute approximate surface area is 336 Å². The minimum absolute atomic E-state index is 0.0298. The predicted octanol–water partition coefficient (Wildman–Crippen LogP) is 5.30. The minimum atomic E-state index is -4.85. The maximum absolute atomic E-state index is 14.7. The number of carbonyl (C=O) groups is 4. The zero-order valence-electron chi connectivity index (χ0n) is 33.4. The van der Waals surface area contributed by atoms with Gasteiger partial charge in [-0.15, -0.1) is 0 Å². The summed E-state index contributed by atoms with van der Waals surface area (Å²) in [5.74, 6) is -2.80. The van der Waals surface area contributed by atoms with E-state index in [1.165, 1.54) is 11.8 Å². The normalized spacial score (nSPS) is 29.2. The quantitative estimate of drug-likeness (QED) is 0.281. The van der Waals surface area contributed by atoms with Gasteiger partial charge in [-0.25, -0.2) is 18.2 Å². The number of alkyl halides is 3. The van der Waals surface area contributed by atoms with Crippen molar-refractivity contribution < 1.29 is 55.0 Å². The molecular formula is C40H52F3N5O9S. The summed E-state index contributed by atoms with van der Waals surface area (Å²) in [5.41, 5.74) is -1.64. The van der Waals surface area contributed by atoms with E-state index in [1.54, 1.807) is 37.4 Å². The first-order chi connectivity index (χ1) is 27.1. The third-order valence-electron chi connectivity index (χ3n) is 11.6. The van der Waals surface area contributed by atoms with Gasteiger partial charge in [0.25, 0.3) is 5.91 Å². The van der Waals surface area contributed by atoms with E-state index in [9.17, 15) is 40.8 Å². The van der Waals surface area contributed by atoms with E-state index in [-0.39, 0.29) is 37.3 Å². The number of aromatic nitrogens is 1. The molecule has 3 fully saturated rings. The largest absolute Gasteiger partial charge is 0.491 e. The van der Waals surface area contributed by atoms with Gasteiger partial charge in [-0.05, 0) is 108 Å². The number of allylic oxidation sites excluding steroid dienone is 1. The van der Waals surface area contributed by atoms with Crippen LogP contribution in [0.15, 0.2) is 42.6 Å². The van der Waals surface area contributed by atoms with E-state index in [4.69, 9.17) is 9.47 Å².